The van der Waals surface area contributed by atoms with Gasteiger partial charge in [0.1, 0.15) is 41.2 Å². The van der Waals surface area contributed by atoms with Crippen LogP contribution in [0.4, 0.5) is 0 Å². The van der Waals surface area contributed by atoms with Gasteiger partial charge in [0.15, 0.2) is 11.9 Å². The summed E-state index contributed by atoms with van der Waals surface area (Å²) in [6.07, 6.45) is 20.5. The zero-order valence-electron chi connectivity index (χ0n) is 44.8. The van der Waals surface area contributed by atoms with Crippen molar-refractivity contribution in [2.45, 2.75) is 177 Å². The van der Waals surface area contributed by atoms with E-state index in [-0.39, 0.29) is 54.1 Å². The molecule has 15 rings (SSSR count). The number of fused-ring (bicyclic) bond motifs is 4. The minimum Gasteiger partial charge on any atom is -0.469 e. The first-order valence-corrected chi connectivity index (χ1v) is 29.8. The monoisotopic (exact) mass is 1040 g/mol. The molecule has 0 amide bonds. The summed E-state index contributed by atoms with van der Waals surface area (Å²) in [5.41, 5.74) is -6.08. The van der Waals surface area contributed by atoms with Crippen LogP contribution in [0, 0.1) is 80.3 Å². The van der Waals surface area contributed by atoms with Gasteiger partial charge in [-0.2, -0.15) is 0 Å². The normalized spacial score (nSPS) is 49.6. The van der Waals surface area contributed by atoms with Crippen LogP contribution in [0.15, 0.2) is 71.5 Å². The van der Waals surface area contributed by atoms with E-state index in [1.54, 1.807) is 6.26 Å². The van der Waals surface area contributed by atoms with Crippen molar-refractivity contribution in [3.8, 4) is 0 Å². The molecule has 2 bridgehead atoms. The summed E-state index contributed by atoms with van der Waals surface area (Å²) in [6.45, 7) is 7.67. The molecule has 6 aliphatic heterocycles. The highest BCUT2D eigenvalue weighted by Gasteiger charge is 2.96. The summed E-state index contributed by atoms with van der Waals surface area (Å²) in [5.74, 6) is -0.631. The number of carbonyl (C=O) groups is 3. The first-order chi connectivity index (χ1) is 36.6. The van der Waals surface area contributed by atoms with Gasteiger partial charge >= 0.3 is 11.9 Å². The topological polar surface area (TPSA) is 181 Å². The molecule has 5 spiro atoms. The third kappa shape index (κ3) is 5.96. The Morgan fingerprint density at radius 2 is 1.76 bits per heavy atom. The number of epoxide rings is 1. The molecule has 6 saturated carbocycles. The van der Waals surface area contributed by atoms with Crippen LogP contribution in [0.2, 0.25) is 0 Å². The van der Waals surface area contributed by atoms with Crippen molar-refractivity contribution in [1.29, 1.82) is 0 Å². The summed E-state index contributed by atoms with van der Waals surface area (Å²) < 4.78 is 35.3. The largest absolute Gasteiger partial charge is 0.469 e. The van der Waals surface area contributed by atoms with E-state index in [2.05, 4.69) is 65.8 Å². The van der Waals surface area contributed by atoms with Gasteiger partial charge in [0.05, 0.1) is 42.6 Å². The lowest BCUT2D eigenvalue weighted by atomic mass is 9.30. The molecule has 13 nitrogen and oxygen atoms in total. The van der Waals surface area contributed by atoms with E-state index >= 15 is 14.4 Å². The Hall–Kier alpha value is -3.85. The zero-order valence-corrected chi connectivity index (χ0v) is 44.8. The van der Waals surface area contributed by atoms with E-state index in [1.165, 1.54) is 5.56 Å². The number of benzene rings is 1. The molecule has 1 aromatic heterocycles. The van der Waals surface area contributed by atoms with Gasteiger partial charge in [0.2, 0.25) is 0 Å². The van der Waals surface area contributed by atoms with Crippen LogP contribution >= 0.6 is 0 Å². The fraction of sp³-hybridized carbons (Fsp3) is 0.730. The van der Waals surface area contributed by atoms with Crippen molar-refractivity contribution in [2.75, 3.05) is 26.4 Å². The maximum Gasteiger partial charge on any atom is 0.339 e. The number of esters is 2. The van der Waals surface area contributed by atoms with Crippen LogP contribution < -0.4 is 5.32 Å². The summed E-state index contributed by atoms with van der Waals surface area (Å²) in [5, 5.41) is 40.0. The highest BCUT2D eigenvalue weighted by Crippen LogP contribution is 2.86. The maximum atomic E-state index is 16.5. The minimum atomic E-state index is -1.51. The molecular weight excluding hydrogens is 961 g/mol. The first-order valence-electron chi connectivity index (χ1n) is 29.8. The van der Waals surface area contributed by atoms with E-state index in [0.717, 1.165) is 90.3 Å². The number of aliphatic hydroxyl groups is 3. The Morgan fingerprint density at radius 1 is 0.908 bits per heavy atom. The molecule has 11 fully saturated rings. The molecule has 0 radical (unpaired) electrons. The molecule has 2 aromatic rings. The van der Waals surface area contributed by atoms with Gasteiger partial charge in [-0.25, -0.2) is 4.79 Å². The molecule has 408 valence electrons. The Kier molecular flexibility index (Phi) is 10.8. The van der Waals surface area contributed by atoms with Crippen LogP contribution in [0.3, 0.4) is 0 Å². The molecule has 1 aromatic carbocycles. The fourth-order valence-electron chi connectivity index (χ4n) is 22.5. The van der Waals surface area contributed by atoms with Gasteiger partial charge in [0.25, 0.3) is 0 Å². The summed E-state index contributed by atoms with van der Waals surface area (Å²) >= 11 is 0. The van der Waals surface area contributed by atoms with Gasteiger partial charge in [-0.15, -0.1) is 0 Å². The Bertz CT molecular complexity index is 2780. The van der Waals surface area contributed by atoms with Crippen molar-refractivity contribution >= 4 is 17.7 Å². The van der Waals surface area contributed by atoms with Gasteiger partial charge in [-0.1, -0.05) is 74.7 Å². The number of nitrogens with zero attached hydrogens (tertiary/aromatic N) is 1. The maximum absolute atomic E-state index is 16.5. The molecule has 7 aliphatic carbocycles. The summed E-state index contributed by atoms with van der Waals surface area (Å²) in [4.78, 5) is 49.4. The molecule has 13 aliphatic rings. The number of hydrogen-bond donors (Lipinski definition) is 4. The average Bonchev–Trinajstić information content (AvgIpc) is 4.02. The Morgan fingerprint density at radius 3 is 2.61 bits per heavy atom. The minimum absolute atomic E-state index is 0.00508. The molecule has 4 N–H and O–H groups in total. The van der Waals surface area contributed by atoms with Crippen molar-refractivity contribution < 1.29 is 53.1 Å². The van der Waals surface area contributed by atoms with E-state index in [4.69, 9.17) is 23.4 Å². The highest BCUT2D eigenvalue weighted by molar-refractivity contribution is 5.93. The molecule has 21 atom stereocenters. The molecular formula is C63H80N2O11. The second-order valence-corrected chi connectivity index (χ2v) is 28.0. The average molecular weight is 1040 g/mol. The smallest absolute Gasteiger partial charge is 0.339 e. The zero-order chi connectivity index (χ0) is 52.0. The van der Waals surface area contributed by atoms with Crippen LogP contribution in [-0.4, -0.2) is 106 Å². The van der Waals surface area contributed by atoms with E-state index < -0.39 is 80.7 Å². The highest BCUT2D eigenvalue weighted by atomic mass is 16.7. The van der Waals surface area contributed by atoms with Crippen molar-refractivity contribution in [2.24, 2.45) is 80.3 Å². The predicted molar refractivity (Wildman–Crippen MR) is 277 cm³/mol. The second kappa shape index (κ2) is 16.6. The van der Waals surface area contributed by atoms with E-state index in [0.29, 0.717) is 67.2 Å². The number of Topliss-reactive ketones (excluding diaryl/α,β-unsaturated/α-hetero) is 1. The standard InChI is InChI=1S/C63H80N2O11/c1-56(2)50-49(68)51(69)62(41-12-7-11-37(28-41)27-36-9-5-4-6-10-36)48(60(50)34-73-55(71)59-24-23-58(33-59)20-8-13-40(58)16-22-61(59,60)76-56)17-21-57(3)52(74-54(70)53-63(57,62)75-53)43-19-26-72-47(43)30-44(46(67)32-66)38-14-15-42-39(29-38)18-25-65-35-64-31-45(42)65/h4-6,9-10,16,18-19,22,25-26,37-42,44-46,48,50-53,64,66-67,69H,7-8,11-15,17,20-21,23-24,27-35H2,1-3H3/t37-,38+,39-,40+,41+,42-,44+,45+,46-,48-,50-,51-,52+,53-,57+,58-,59+,60-,61+,62+,63-/m1/s1. The SMILES string of the molecule is CC1(C)O[C@@]23C=C[C@@H]4CCC[C@]45CC[C@]2(C5)C(=O)OC[C@@]32[C@@H]1C(=O)[C@@H](O)[C@]1([C@H]3CCC[C@H](Cc4ccccc4)C3)[C@@H]2CC[C@@]2(C)[C@H](c3ccoc3C[C@@H]([C@H]3CC[C@@H]4[C@H](C=CN5CNC[C@@H]45)C3)[C@H](O)CO)OC(=O)[C@H]3O[C@@]312. The van der Waals surface area contributed by atoms with Crippen LogP contribution in [0.25, 0.3) is 0 Å². The van der Waals surface area contributed by atoms with Crippen molar-refractivity contribution in [1.82, 2.24) is 10.2 Å². The summed E-state index contributed by atoms with van der Waals surface area (Å²) in [7, 11) is 0. The molecule has 76 heavy (non-hydrogen) atoms. The molecule has 13 heteroatoms. The number of cyclic esters (lactones) is 2. The van der Waals surface area contributed by atoms with E-state index in [9.17, 15) is 15.3 Å². The third-order valence-corrected chi connectivity index (χ3v) is 25.1. The van der Waals surface area contributed by atoms with Gasteiger partial charge in [0, 0.05) is 35.4 Å². The first kappa shape index (κ1) is 49.2. The number of nitrogens with one attached hydrogen (secondary N) is 1. The Labute approximate surface area is 447 Å². The number of ketones is 1. The molecule has 7 heterocycles. The van der Waals surface area contributed by atoms with Gasteiger partial charge in [-0.05, 0) is 168 Å². The number of rotatable bonds is 9. The number of furan rings is 1. The lowest BCUT2D eigenvalue weighted by molar-refractivity contribution is -0.298. The van der Waals surface area contributed by atoms with Crippen LogP contribution in [-0.2, 0) is 46.2 Å². The van der Waals surface area contributed by atoms with Crippen molar-refractivity contribution in [3.63, 3.8) is 0 Å². The fourth-order valence-corrected chi connectivity index (χ4v) is 22.5. The third-order valence-electron chi connectivity index (χ3n) is 25.1. The van der Waals surface area contributed by atoms with E-state index in [1.807, 2.05) is 26.0 Å². The van der Waals surface area contributed by atoms with Gasteiger partial charge < -0.3 is 43.6 Å². The van der Waals surface area contributed by atoms with Crippen molar-refractivity contribution in [3.05, 3.63) is 84.0 Å². The molecule has 0 unspecified atom stereocenters. The predicted octanol–water partition coefficient (Wildman–Crippen LogP) is 7.95. The number of carbonyl (C=O) groups excluding carboxylic acids is 3. The number of allylic oxidation sites excluding steroid dienone is 2. The number of ether oxygens (including phenoxy) is 4. The molecule has 5 saturated heterocycles. The van der Waals surface area contributed by atoms with Crippen LogP contribution in [0.5, 0.6) is 0 Å². The summed E-state index contributed by atoms with van der Waals surface area (Å²) in [6, 6.07) is 13.0. The second-order valence-electron chi connectivity index (χ2n) is 28.0. The Balaban J connectivity index is 0.870. The lowest BCUT2D eigenvalue weighted by Gasteiger charge is -2.72. The van der Waals surface area contributed by atoms with Crippen LogP contribution in [0.1, 0.15) is 140 Å². The quantitative estimate of drug-likeness (QED) is 0.108. The van der Waals surface area contributed by atoms with Gasteiger partial charge in [-0.3, -0.25) is 14.9 Å². The number of aliphatic hydroxyl groups excluding tert-OH is 3. The number of hydrogen-bond acceptors (Lipinski definition) is 13. The lowest BCUT2D eigenvalue weighted by Crippen LogP contribution is -2.81.